The summed E-state index contributed by atoms with van der Waals surface area (Å²) in [5.41, 5.74) is 2.37. The fraction of sp³-hybridized carbons (Fsp3) is 0.130. The number of nitrogens with zero attached hydrogens (tertiary/aromatic N) is 1. The van der Waals surface area contributed by atoms with E-state index < -0.39 is 15.9 Å². The van der Waals surface area contributed by atoms with Gasteiger partial charge in [-0.15, -0.1) is 0 Å². The van der Waals surface area contributed by atoms with Crippen molar-refractivity contribution in [3.63, 3.8) is 0 Å². The van der Waals surface area contributed by atoms with E-state index in [0.29, 0.717) is 17.0 Å². The lowest BCUT2D eigenvalue weighted by Gasteiger charge is -2.17. The quantitative estimate of drug-likeness (QED) is 0.463. The van der Waals surface area contributed by atoms with Gasteiger partial charge >= 0.3 is 0 Å². The van der Waals surface area contributed by atoms with Gasteiger partial charge in [-0.1, -0.05) is 18.2 Å². The van der Waals surface area contributed by atoms with E-state index in [0.717, 1.165) is 20.7 Å². The van der Waals surface area contributed by atoms with Crippen molar-refractivity contribution in [2.24, 2.45) is 0 Å². The number of amides is 2. The van der Waals surface area contributed by atoms with E-state index in [1.807, 2.05) is 30.3 Å². The highest BCUT2D eigenvalue weighted by Gasteiger charge is 2.23. The first-order valence-corrected chi connectivity index (χ1v) is 11.2. The monoisotopic (exact) mass is 451 g/mol. The molecular weight excluding hydrogens is 430 g/mol. The smallest absolute Gasteiger partial charge is 0.243 e. The summed E-state index contributed by atoms with van der Waals surface area (Å²) < 4.78 is 32.3. The number of carbonyl (C=O) groups excluding carboxylic acids is 2. The second-order valence-electron chi connectivity index (χ2n) is 7.32. The Balaban J connectivity index is 1.46. The van der Waals surface area contributed by atoms with Crippen molar-refractivity contribution >= 4 is 55.2 Å². The van der Waals surface area contributed by atoms with Gasteiger partial charge in [0.1, 0.15) is 11.2 Å². The summed E-state index contributed by atoms with van der Waals surface area (Å²) in [7, 11) is -2.55. The van der Waals surface area contributed by atoms with Crippen molar-refractivity contribution in [1.82, 2.24) is 4.31 Å². The second kappa shape index (κ2) is 8.45. The van der Waals surface area contributed by atoms with Gasteiger partial charge in [0, 0.05) is 42.2 Å². The summed E-state index contributed by atoms with van der Waals surface area (Å²) in [4.78, 5) is 23.6. The minimum Gasteiger partial charge on any atom is -0.456 e. The van der Waals surface area contributed by atoms with Gasteiger partial charge in [-0.2, -0.15) is 4.31 Å². The van der Waals surface area contributed by atoms with Gasteiger partial charge in [0.15, 0.2) is 0 Å². The van der Waals surface area contributed by atoms with Crippen LogP contribution in [0.15, 0.2) is 76.0 Å². The first-order chi connectivity index (χ1) is 15.2. The molecule has 2 N–H and O–H groups in total. The van der Waals surface area contributed by atoms with Crippen LogP contribution in [0.25, 0.3) is 21.9 Å². The molecule has 0 fully saturated rings. The Morgan fingerprint density at radius 2 is 1.53 bits per heavy atom. The third kappa shape index (κ3) is 4.34. The highest BCUT2D eigenvalue weighted by atomic mass is 32.2. The van der Waals surface area contributed by atoms with Gasteiger partial charge in [-0.05, 0) is 42.5 Å². The molecule has 4 aromatic rings. The van der Waals surface area contributed by atoms with Crippen LogP contribution in [0.4, 0.5) is 11.4 Å². The zero-order valence-corrected chi connectivity index (χ0v) is 18.3. The van der Waals surface area contributed by atoms with Crippen LogP contribution in [-0.4, -0.2) is 38.1 Å². The number of anilines is 2. The molecule has 4 rings (SSSR count). The molecule has 1 heterocycles. The summed E-state index contributed by atoms with van der Waals surface area (Å²) in [6.07, 6.45) is 0. The van der Waals surface area contributed by atoms with E-state index in [-0.39, 0.29) is 17.3 Å². The molecule has 0 aliphatic heterocycles. The summed E-state index contributed by atoms with van der Waals surface area (Å²) in [6.45, 7) is 0.997. The minimum absolute atomic E-state index is 0.0191. The fourth-order valence-corrected chi connectivity index (χ4v) is 4.51. The Kier molecular flexibility index (Phi) is 5.68. The number of rotatable bonds is 6. The van der Waals surface area contributed by atoms with Crippen LogP contribution in [0.3, 0.4) is 0 Å². The highest BCUT2D eigenvalue weighted by Crippen LogP contribution is 2.30. The molecule has 2 amide bonds. The molecule has 3 aromatic carbocycles. The Morgan fingerprint density at radius 3 is 2.25 bits per heavy atom. The fourth-order valence-electron chi connectivity index (χ4n) is 3.38. The molecular formula is C23H21N3O5S. The molecule has 164 valence electrons. The van der Waals surface area contributed by atoms with Gasteiger partial charge in [-0.25, -0.2) is 8.42 Å². The number of furan rings is 1. The van der Waals surface area contributed by atoms with Gasteiger partial charge in [0.2, 0.25) is 21.8 Å². The number of hydrogen-bond acceptors (Lipinski definition) is 5. The molecule has 0 spiro atoms. The molecule has 0 saturated heterocycles. The summed E-state index contributed by atoms with van der Waals surface area (Å²) in [5.74, 6) is -0.739. The van der Waals surface area contributed by atoms with Crippen molar-refractivity contribution in [2.75, 3.05) is 24.2 Å². The molecule has 0 aliphatic carbocycles. The van der Waals surface area contributed by atoms with E-state index in [2.05, 4.69) is 10.6 Å². The molecule has 0 saturated carbocycles. The molecule has 0 aliphatic rings. The minimum atomic E-state index is -3.88. The van der Waals surface area contributed by atoms with Gasteiger partial charge < -0.3 is 15.1 Å². The number of sulfonamides is 1. The van der Waals surface area contributed by atoms with E-state index in [1.54, 1.807) is 12.1 Å². The van der Waals surface area contributed by atoms with Gasteiger partial charge in [-0.3, -0.25) is 9.59 Å². The summed E-state index contributed by atoms with van der Waals surface area (Å²) in [6, 6.07) is 18.7. The molecule has 32 heavy (non-hydrogen) atoms. The Hall–Kier alpha value is -3.69. The molecule has 0 radical (unpaired) electrons. The van der Waals surface area contributed by atoms with Crippen molar-refractivity contribution in [3.8, 4) is 0 Å². The van der Waals surface area contributed by atoms with E-state index >= 15 is 0 Å². The molecule has 0 unspecified atom stereocenters. The lowest BCUT2D eigenvalue weighted by atomic mass is 10.1. The number of nitrogens with one attached hydrogen (secondary N) is 2. The maximum absolute atomic E-state index is 12.8. The third-order valence-corrected chi connectivity index (χ3v) is 6.73. The topological polar surface area (TPSA) is 109 Å². The molecule has 0 atom stereocenters. The van der Waals surface area contributed by atoms with E-state index in [4.69, 9.17) is 4.42 Å². The third-order valence-electron chi connectivity index (χ3n) is 4.91. The number of likely N-dealkylation sites (N-methyl/N-ethyl adjacent to an activating group) is 1. The lowest BCUT2D eigenvalue weighted by Crippen LogP contribution is -2.34. The summed E-state index contributed by atoms with van der Waals surface area (Å²) in [5, 5.41) is 7.20. The van der Waals surface area contributed by atoms with Gasteiger partial charge in [0.05, 0.1) is 11.4 Å². The first kappa shape index (κ1) is 21.5. The molecule has 8 nitrogen and oxygen atoms in total. The molecule has 0 bridgehead atoms. The summed E-state index contributed by atoms with van der Waals surface area (Å²) >= 11 is 0. The van der Waals surface area contributed by atoms with Crippen molar-refractivity contribution < 1.29 is 22.4 Å². The van der Waals surface area contributed by atoms with E-state index in [1.165, 1.54) is 38.2 Å². The number of benzene rings is 3. The maximum atomic E-state index is 12.8. The Labute approximate surface area is 184 Å². The average molecular weight is 452 g/mol. The number of hydrogen-bond donors (Lipinski definition) is 2. The molecule has 9 heteroatoms. The average Bonchev–Trinajstić information content (AvgIpc) is 3.11. The van der Waals surface area contributed by atoms with Crippen LogP contribution >= 0.6 is 0 Å². The predicted molar refractivity (Wildman–Crippen MR) is 123 cm³/mol. The zero-order chi connectivity index (χ0) is 22.9. The maximum Gasteiger partial charge on any atom is 0.243 e. The lowest BCUT2D eigenvalue weighted by molar-refractivity contribution is -0.116. The Bertz CT molecular complexity index is 1430. The van der Waals surface area contributed by atoms with Crippen molar-refractivity contribution in [2.45, 2.75) is 11.8 Å². The van der Waals surface area contributed by atoms with Gasteiger partial charge in [0.25, 0.3) is 0 Å². The van der Waals surface area contributed by atoms with Crippen LogP contribution in [0.5, 0.6) is 0 Å². The normalized spacial score (nSPS) is 11.7. The van der Waals surface area contributed by atoms with Crippen LogP contribution in [-0.2, 0) is 19.6 Å². The first-order valence-electron chi connectivity index (χ1n) is 9.79. The van der Waals surface area contributed by atoms with Crippen LogP contribution in [0.1, 0.15) is 6.92 Å². The standard InChI is InChI=1S/C23H21N3O5S/c1-15(27)24-16-7-10-18(11-8-16)32(29,30)26(2)14-23(28)25-17-9-12-20-19-5-3-4-6-21(19)31-22(20)13-17/h3-13H,14H2,1-2H3,(H,24,27)(H,25,28). The number of para-hydroxylation sites is 1. The SMILES string of the molecule is CC(=O)Nc1ccc(S(=O)(=O)N(C)CC(=O)Nc2ccc3c(c2)oc2ccccc23)cc1. The van der Waals surface area contributed by atoms with Crippen molar-refractivity contribution in [1.29, 1.82) is 0 Å². The van der Waals surface area contributed by atoms with Crippen molar-refractivity contribution in [3.05, 3.63) is 66.7 Å². The number of fused-ring (bicyclic) bond motifs is 3. The Morgan fingerprint density at radius 1 is 0.875 bits per heavy atom. The predicted octanol–water partition coefficient (Wildman–Crippen LogP) is 3.80. The zero-order valence-electron chi connectivity index (χ0n) is 17.5. The molecule has 1 aromatic heterocycles. The van der Waals surface area contributed by atoms with Crippen LogP contribution < -0.4 is 10.6 Å². The van der Waals surface area contributed by atoms with Crippen LogP contribution in [0.2, 0.25) is 0 Å². The second-order valence-corrected chi connectivity index (χ2v) is 9.37. The largest absolute Gasteiger partial charge is 0.456 e. The van der Waals surface area contributed by atoms with E-state index in [9.17, 15) is 18.0 Å². The number of carbonyl (C=O) groups is 2. The highest BCUT2D eigenvalue weighted by molar-refractivity contribution is 7.89. The van der Waals surface area contributed by atoms with Crippen LogP contribution in [0, 0.1) is 0 Å².